The third-order valence-electron chi connectivity index (χ3n) is 4.81. The number of nitro groups is 1. The highest BCUT2D eigenvalue weighted by Crippen LogP contribution is 2.43. The van der Waals surface area contributed by atoms with Crippen LogP contribution < -0.4 is 14.8 Å². The van der Waals surface area contributed by atoms with Crippen molar-refractivity contribution in [3.8, 4) is 22.6 Å². The van der Waals surface area contributed by atoms with Gasteiger partial charge in [-0.15, -0.1) is 11.3 Å². The van der Waals surface area contributed by atoms with E-state index in [0.29, 0.717) is 22.6 Å². The Morgan fingerprint density at radius 2 is 1.79 bits per heavy atom. The van der Waals surface area contributed by atoms with Crippen LogP contribution in [-0.2, 0) is 4.74 Å². The van der Waals surface area contributed by atoms with Crippen molar-refractivity contribution in [3.63, 3.8) is 0 Å². The summed E-state index contributed by atoms with van der Waals surface area (Å²) < 4.78 is 15.9. The molecule has 172 valence electrons. The maximum atomic E-state index is 12.9. The predicted molar refractivity (Wildman–Crippen MR) is 125 cm³/mol. The molecule has 2 aromatic carbocycles. The van der Waals surface area contributed by atoms with Gasteiger partial charge in [0.2, 0.25) is 0 Å². The number of thiophene rings is 1. The smallest absolute Gasteiger partial charge is 0.341 e. The van der Waals surface area contributed by atoms with Gasteiger partial charge in [0, 0.05) is 16.5 Å². The number of anilines is 1. The van der Waals surface area contributed by atoms with Crippen molar-refractivity contribution < 1.29 is 28.7 Å². The Balaban J connectivity index is 2.12. The van der Waals surface area contributed by atoms with Crippen LogP contribution in [0.4, 0.5) is 10.7 Å². The molecule has 0 aliphatic heterocycles. The van der Waals surface area contributed by atoms with Crippen molar-refractivity contribution in [1.29, 1.82) is 0 Å². The standard InChI is InChI=1S/C23H22N2O7S/c1-5-32-23(27)20-19(14-10-11-17(30-3)18(12-14)31-4)13(2)33-22(20)24-21(26)15-8-6-7-9-16(15)25(28)29/h6-12H,5H2,1-4H3,(H,24,26). The SMILES string of the molecule is CCOC(=O)c1c(NC(=O)c2ccccc2[N+](=O)[O-])sc(C)c1-c1ccc(OC)c(OC)c1. The van der Waals surface area contributed by atoms with E-state index in [1.54, 1.807) is 32.0 Å². The van der Waals surface area contributed by atoms with Crippen LogP contribution in [0.25, 0.3) is 11.1 Å². The normalized spacial score (nSPS) is 10.4. The molecular formula is C23H22N2O7S. The zero-order valence-electron chi connectivity index (χ0n) is 18.5. The molecule has 0 radical (unpaired) electrons. The summed E-state index contributed by atoms with van der Waals surface area (Å²) in [5, 5.41) is 14.2. The van der Waals surface area contributed by atoms with E-state index in [0.717, 1.165) is 4.88 Å². The Bertz CT molecular complexity index is 1220. The molecule has 0 aliphatic rings. The lowest BCUT2D eigenvalue weighted by molar-refractivity contribution is -0.385. The molecule has 10 heteroatoms. The summed E-state index contributed by atoms with van der Waals surface area (Å²) >= 11 is 1.18. The summed E-state index contributed by atoms with van der Waals surface area (Å²) in [7, 11) is 3.03. The topological polar surface area (TPSA) is 117 Å². The summed E-state index contributed by atoms with van der Waals surface area (Å²) in [6, 6.07) is 10.8. The molecule has 0 aliphatic carbocycles. The number of nitrogens with one attached hydrogen (secondary N) is 1. The summed E-state index contributed by atoms with van der Waals surface area (Å²) in [6.45, 7) is 3.62. The van der Waals surface area contributed by atoms with E-state index in [4.69, 9.17) is 14.2 Å². The number of carbonyl (C=O) groups excluding carboxylic acids is 2. The molecule has 1 heterocycles. The highest BCUT2D eigenvalue weighted by atomic mass is 32.1. The highest BCUT2D eigenvalue weighted by Gasteiger charge is 2.28. The quantitative estimate of drug-likeness (QED) is 0.277. The second kappa shape index (κ2) is 10.1. The number of ether oxygens (including phenoxy) is 3. The van der Waals surface area contributed by atoms with Crippen molar-refractivity contribution in [2.45, 2.75) is 13.8 Å². The van der Waals surface area contributed by atoms with Gasteiger partial charge in [-0.2, -0.15) is 0 Å². The predicted octanol–water partition coefficient (Wildman–Crippen LogP) is 5.08. The lowest BCUT2D eigenvalue weighted by Crippen LogP contribution is -2.16. The van der Waals surface area contributed by atoms with E-state index in [9.17, 15) is 19.7 Å². The van der Waals surface area contributed by atoms with Crippen LogP contribution in [0.15, 0.2) is 42.5 Å². The van der Waals surface area contributed by atoms with Crippen molar-refractivity contribution in [1.82, 2.24) is 0 Å². The van der Waals surface area contributed by atoms with Crippen LogP contribution in [0.2, 0.25) is 0 Å². The van der Waals surface area contributed by atoms with E-state index in [1.165, 1.54) is 49.8 Å². The number of hydrogen-bond donors (Lipinski definition) is 1. The zero-order valence-corrected chi connectivity index (χ0v) is 19.3. The number of hydrogen-bond acceptors (Lipinski definition) is 8. The van der Waals surface area contributed by atoms with Gasteiger partial charge in [0.25, 0.3) is 11.6 Å². The minimum Gasteiger partial charge on any atom is -0.493 e. The summed E-state index contributed by atoms with van der Waals surface area (Å²) in [4.78, 5) is 37.3. The molecule has 0 saturated carbocycles. The molecule has 0 bridgehead atoms. The lowest BCUT2D eigenvalue weighted by atomic mass is 10.0. The van der Waals surface area contributed by atoms with Crippen molar-refractivity contribution >= 4 is 33.9 Å². The Kier molecular flexibility index (Phi) is 7.29. The van der Waals surface area contributed by atoms with Crippen LogP contribution in [0.1, 0.15) is 32.5 Å². The van der Waals surface area contributed by atoms with Crippen molar-refractivity contribution in [3.05, 3.63) is 68.6 Å². The van der Waals surface area contributed by atoms with E-state index in [1.807, 2.05) is 0 Å². The van der Waals surface area contributed by atoms with Crippen LogP contribution in [0.3, 0.4) is 0 Å². The molecule has 0 atom stereocenters. The molecule has 33 heavy (non-hydrogen) atoms. The van der Waals surface area contributed by atoms with Crippen molar-refractivity contribution in [2.24, 2.45) is 0 Å². The molecule has 1 N–H and O–H groups in total. The second-order valence-corrected chi connectivity index (χ2v) is 7.98. The molecule has 0 spiro atoms. The zero-order chi connectivity index (χ0) is 24.1. The van der Waals surface area contributed by atoms with Gasteiger partial charge in [-0.05, 0) is 37.6 Å². The van der Waals surface area contributed by atoms with Gasteiger partial charge >= 0.3 is 5.97 Å². The molecule has 3 aromatic rings. The number of nitrogens with zero attached hydrogens (tertiary/aromatic N) is 1. The first-order valence-electron chi connectivity index (χ1n) is 9.90. The number of methoxy groups -OCH3 is 2. The van der Waals surface area contributed by atoms with Crippen LogP contribution >= 0.6 is 11.3 Å². The number of para-hydroxylation sites is 1. The molecular weight excluding hydrogens is 448 g/mol. The molecule has 0 fully saturated rings. The van der Waals surface area contributed by atoms with E-state index in [-0.39, 0.29) is 28.4 Å². The number of esters is 1. The fourth-order valence-electron chi connectivity index (χ4n) is 3.37. The molecule has 9 nitrogen and oxygen atoms in total. The minimum atomic E-state index is -0.701. The van der Waals surface area contributed by atoms with Crippen molar-refractivity contribution in [2.75, 3.05) is 26.1 Å². The van der Waals surface area contributed by atoms with E-state index < -0.39 is 16.8 Å². The average Bonchev–Trinajstić information content (AvgIpc) is 3.14. The fraction of sp³-hybridized carbons (Fsp3) is 0.217. The first-order valence-corrected chi connectivity index (χ1v) is 10.7. The number of carbonyl (C=O) groups is 2. The maximum Gasteiger partial charge on any atom is 0.341 e. The fourth-order valence-corrected chi connectivity index (χ4v) is 4.42. The van der Waals surface area contributed by atoms with Gasteiger partial charge in [-0.25, -0.2) is 4.79 Å². The number of rotatable bonds is 8. The summed E-state index contributed by atoms with van der Waals surface area (Å²) in [5.41, 5.74) is 0.948. The number of amides is 1. The first-order chi connectivity index (χ1) is 15.8. The summed E-state index contributed by atoms with van der Waals surface area (Å²) in [6.07, 6.45) is 0. The van der Waals surface area contributed by atoms with Gasteiger partial charge < -0.3 is 19.5 Å². The van der Waals surface area contributed by atoms with Crippen LogP contribution in [0.5, 0.6) is 11.5 Å². The monoisotopic (exact) mass is 470 g/mol. The Morgan fingerprint density at radius 3 is 2.42 bits per heavy atom. The second-order valence-electron chi connectivity index (χ2n) is 6.76. The lowest BCUT2D eigenvalue weighted by Gasteiger charge is -2.12. The molecule has 0 unspecified atom stereocenters. The van der Waals surface area contributed by atoms with Gasteiger partial charge in [0.1, 0.15) is 16.1 Å². The van der Waals surface area contributed by atoms with E-state index >= 15 is 0 Å². The minimum absolute atomic E-state index is 0.115. The van der Waals surface area contributed by atoms with Gasteiger partial charge in [0.05, 0.1) is 25.7 Å². The molecule has 0 saturated heterocycles. The third kappa shape index (κ3) is 4.80. The van der Waals surface area contributed by atoms with Crippen LogP contribution in [-0.4, -0.2) is 37.6 Å². The van der Waals surface area contributed by atoms with Gasteiger partial charge in [-0.1, -0.05) is 18.2 Å². The van der Waals surface area contributed by atoms with E-state index in [2.05, 4.69) is 5.32 Å². The highest BCUT2D eigenvalue weighted by molar-refractivity contribution is 7.17. The third-order valence-corrected chi connectivity index (χ3v) is 5.83. The number of nitro benzene ring substituents is 1. The Hall–Kier alpha value is -3.92. The molecule has 1 aromatic heterocycles. The molecule has 3 rings (SSSR count). The van der Waals surface area contributed by atoms with Gasteiger partial charge in [-0.3, -0.25) is 14.9 Å². The Labute approximate surface area is 194 Å². The molecule has 1 amide bonds. The van der Waals surface area contributed by atoms with Crippen LogP contribution in [0, 0.1) is 17.0 Å². The first kappa shape index (κ1) is 23.7. The Morgan fingerprint density at radius 1 is 1.09 bits per heavy atom. The number of aryl methyl sites for hydroxylation is 1. The summed E-state index contributed by atoms with van der Waals surface area (Å²) in [5.74, 6) is -0.324. The largest absolute Gasteiger partial charge is 0.493 e. The number of benzene rings is 2. The average molecular weight is 471 g/mol. The maximum absolute atomic E-state index is 12.9. The van der Waals surface area contributed by atoms with Gasteiger partial charge in [0.15, 0.2) is 11.5 Å².